The lowest BCUT2D eigenvalue weighted by Gasteiger charge is -2.06. The number of nitrogen functional groups attached to an aromatic ring is 1. The van der Waals surface area contributed by atoms with Gasteiger partial charge in [0.2, 0.25) is 11.8 Å². The predicted molar refractivity (Wildman–Crippen MR) is 40.4 cm³/mol. The molecule has 0 aromatic carbocycles. The van der Waals surface area contributed by atoms with E-state index in [0.717, 1.165) is 0 Å². The third-order valence-corrected chi connectivity index (χ3v) is 1.16. The highest BCUT2D eigenvalue weighted by Crippen LogP contribution is 2.27. The van der Waals surface area contributed by atoms with Crippen molar-refractivity contribution in [1.82, 2.24) is 15.0 Å². The number of rotatable bonds is 2. The van der Waals surface area contributed by atoms with Crippen LogP contribution in [0.5, 0.6) is 6.01 Å². The van der Waals surface area contributed by atoms with Crippen LogP contribution in [-0.4, -0.2) is 21.6 Å². The van der Waals surface area contributed by atoms with Crippen molar-refractivity contribution in [2.75, 3.05) is 12.3 Å². The van der Waals surface area contributed by atoms with Gasteiger partial charge in [-0.15, -0.1) is 0 Å². The van der Waals surface area contributed by atoms with Gasteiger partial charge in [-0.2, -0.15) is 28.1 Å². The van der Waals surface area contributed by atoms with Crippen LogP contribution < -0.4 is 10.5 Å². The summed E-state index contributed by atoms with van der Waals surface area (Å²) in [5.74, 6) is -1.87. The number of hydrogen-bond donors (Lipinski definition) is 1. The number of halogens is 3. The first-order chi connectivity index (χ1) is 6.43. The maximum atomic E-state index is 12.1. The Balaban J connectivity index is 3.07. The Morgan fingerprint density at radius 1 is 1.29 bits per heavy atom. The molecule has 0 atom stereocenters. The van der Waals surface area contributed by atoms with E-state index in [1.165, 1.54) is 0 Å². The van der Waals surface area contributed by atoms with E-state index in [4.69, 9.17) is 5.73 Å². The topological polar surface area (TPSA) is 73.9 Å². The zero-order valence-corrected chi connectivity index (χ0v) is 7.17. The Kier molecular flexibility index (Phi) is 2.73. The van der Waals surface area contributed by atoms with Crippen molar-refractivity contribution in [1.29, 1.82) is 0 Å². The molecule has 8 heteroatoms. The van der Waals surface area contributed by atoms with Crippen molar-refractivity contribution in [3.63, 3.8) is 0 Å². The summed E-state index contributed by atoms with van der Waals surface area (Å²) in [6, 6.07) is -0.424. The number of nitrogens with zero attached hydrogens (tertiary/aromatic N) is 3. The molecule has 0 unspecified atom stereocenters. The Morgan fingerprint density at radius 2 is 1.93 bits per heavy atom. The zero-order valence-electron chi connectivity index (χ0n) is 7.17. The van der Waals surface area contributed by atoms with Crippen LogP contribution in [0.15, 0.2) is 0 Å². The molecule has 78 valence electrons. The highest BCUT2D eigenvalue weighted by molar-refractivity contribution is 5.19. The van der Waals surface area contributed by atoms with Gasteiger partial charge in [-0.3, -0.25) is 0 Å². The summed E-state index contributed by atoms with van der Waals surface area (Å²) >= 11 is 0. The van der Waals surface area contributed by atoms with Gasteiger partial charge in [0.05, 0.1) is 6.61 Å². The van der Waals surface area contributed by atoms with Crippen LogP contribution in [0.25, 0.3) is 0 Å². The highest BCUT2D eigenvalue weighted by atomic mass is 19.4. The lowest BCUT2D eigenvalue weighted by Crippen LogP contribution is -2.15. The quantitative estimate of drug-likeness (QED) is 0.780. The number of ether oxygens (including phenoxy) is 1. The maximum absolute atomic E-state index is 12.1. The van der Waals surface area contributed by atoms with Crippen LogP contribution in [0.2, 0.25) is 0 Å². The molecule has 0 saturated heterocycles. The Labute approximate surface area is 77.1 Å². The average Bonchev–Trinajstić information content (AvgIpc) is 2.02. The molecule has 0 radical (unpaired) electrons. The number of anilines is 1. The van der Waals surface area contributed by atoms with Crippen LogP contribution in [0.4, 0.5) is 19.1 Å². The minimum absolute atomic E-state index is 0.154. The summed E-state index contributed by atoms with van der Waals surface area (Å²) in [6.07, 6.45) is -4.65. The van der Waals surface area contributed by atoms with Crippen molar-refractivity contribution < 1.29 is 17.9 Å². The summed E-state index contributed by atoms with van der Waals surface area (Å²) in [5, 5.41) is 0. The van der Waals surface area contributed by atoms with Gasteiger partial charge >= 0.3 is 12.2 Å². The van der Waals surface area contributed by atoms with Gasteiger partial charge in [-0.25, -0.2) is 0 Å². The summed E-state index contributed by atoms with van der Waals surface area (Å²) in [6.45, 7) is 1.74. The minimum Gasteiger partial charge on any atom is -0.464 e. The van der Waals surface area contributed by atoms with Gasteiger partial charge in [0, 0.05) is 0 Å². The molecule has 1 heterocycles. The number of aromatic nitrogens is 3. The van der Waals surface area contributed by atoms with E-state index in [1.54, 1.807) is 6.92 Å². The molecule has 0 aliphatic heterocycles. The van der Waals surface area contributed by atoms with Gasteiger partial charge < -0.3 is 10.5 Å². The molecular weight excluding hydrogens is 201 g/mol. The zero-order chi connectivity index (χ0) is 10.8. The lowest BCUT2D eigenvalue weighted by molar-refractivity contribution is -0.145. The second kappa shape index (κ2) is 3.64. The van der Waals surface area contributed by atoms with Crippen molar-refractivity contribution in [3.8, 4) is 6.01 Å². The first-order valence-corrected chi connectivity index (χ1v) is 3.65. The third-order valence-electron chi connectivity index (χ3n) is 1.16. The lowest BCUT2D eigenvalue weighted by atomic mass is 10.6. The van der Waals surface area contributed by atoms with E-state index < -0.39 is 24.0 Å². The Bertz CT molecular complexity index is 327. The fraction of sp³-hybridized carbons (Fsp3) is 0.500. The van der Waals surface area contributed by atoms with E-state index in [2.05, 4.69) is 19.7 Å². The summed E-state index contributed by atoms with van der Waals surface area (Å²) in [5.41, 5.74) is 5.04. The van der Waals surface area contributed by atoms with Gasteiger partial charge in [0.1, 0.15) is 0 Å². The fourth-order valence-corrected chi connectivity index (χ4v) is 0.693. The molecule has 1 aromatic heterocycles. The van der Waals surface area contributed by atoms with Gasteiger partial charge in [-0.05, 0) is 6.92 Å². The van der Waals surface area contributed by atoms with Gasteiger partial charge in [0.15, 0.2) is 0 Å². The van der Waals surface area contributed by atoms with E-state index >= 15 is 0 Å². The SMILES string of the molecule is CCOc1nc(N)nc(C(F)(F)F)n1. The molecule has 0 bridgehead atoms. The molecule has 2 N–H and O–H groups in total. The van der Waals surface area contributed by atoms with Crippen molar-refractivity contribution >= 4 is 5.95 Å². The third kappa shape index (κ3) is 2.44. The fourth-order valence-electron chi connectivity index (χ4n) is 0.693. The van der Waals surface area contributed by atoms with Crippen LogP contribution in [0, 0.1) is 0 Å². The summed E-state index contributed by atoms with van der Waals surface area (Å²) < 4.78 is 41.1. The molecule has 14 heavy (non-hydrogen) atoms. The molecule has 0 saturated carbocycles. The van der Waals surface area contributed by atoms with Crippen LogP contribution in [0.3, 0.4) is 0 Å². The maximum Gasteiger partial charge on any atom is 0.451 e. The monoisotopic (exact) mass is 208 g/mol. The van der Waals surface area contributed by atoms with Crippen molar-refractivity contribution in [2.24, 2.45) is 0 Å². The summed E-state index contributed by atoms with van der Waals surface area (Å²) in [7, 11) is 0. The standard InChI is InChI=1S/C6H7F3N4O/c1-2-14-5-12-3(6(7,8)9)11-4(10)13-5/h2H2,1H3,(H2,10,11,12,13). The predicted octanol–water partition coefficient (Wildman–Crippen LogP) is 0.871. The highest BCUT2D eigenvalue weighted by Gasteiger charge is 2.35. The molecular formula is C6H7F3N4O. The van der Waals surface area contributed by atoms with Crippen molar-refractivity contribution in [3.05, 3.63) is 5.82 Å². The van der Waals surface area contributed by atoms with Gasteiger partial charge in [-0.1, -0.05) is 0 Å². The van der Waals surface area contributed by atoms with E-state index in [1.807, 2.05) is 0 Å². The molecule has 1 rings (SSSR count). The second-order valence-electron chi connectivity index (χ2n) is 2.23. The second-order valence-corrected chi connectivity index (χ2v) is 2.23. The molecule has 0 spiro atoms. The normalized spacial score (nSPS) is 11.4. The smallest absolute Gasteiger partial charge is 0.451 e. The average molecular weight is 208 g/mol. The van der Waals surface area contributed by atoms with E-state index in [0.29, 0.717) is 0 Å². The van der Waals surface area contributed by atoms with E-state index in [9.17, 15) is 13.2 Å². The largest absolute Gasteiger partial charge is 0.464 e. The number of alkyl halides is 3. The first kappa shape index (κ1) is 10.5. The molecule has 0 aliphatic rings. The first-order valence-electron chi connectivity index (χ1n) is 3.65. The van der Waals surface area contributed by atoms with Gasteiger partial charge in [0.25, 0.3) is 0 Å². The minimum atomic E-state index is -4.65. The van der Waals surface area contributed by atoms with E-state index in [-0.39, 0.29) is 6.61 Å². The number of nitrogens with two attached hydrogens (primary N) is 1. The molecule has 1 aromatic rings. The van der Waals surface area contributed by atoms with Crippen LogP contribution >= 0.6 is 0 Å². The molecule has 5 nitrogen and oxygen atoms in total. The number of hydrogen-bond acceptors (Lipinski definition) is 5. The Morgan fingerprint density at radius 3 is 2.43 bits per heavy atom. The molecule has 0 aliphatic carbocycles. The summed E-state index contributed by atoms with van der Waals surface area (Å²) in [4.78, 5) is 9.35. The molecule has 0 amide bonds. The Hall–Kier alpha value is -1.60. The van der Waals surface area contributed by atoms with Crippen molar-refractivity contribution in [2.45, 2.75) is 13.1 Å². The van der Waals surface area contributed by atoms with Crippen LogP contribution in [-0.2, 0) is 6.18 Å². The van der Waals surface area contributed by atoms with Crippen LogP contribution in [0.1, 0.15) is 12.7 Å². The molecule has 0 fully saturated rings.